The fourth-order valence-electron chi connectivity index (χ4n) is 1.11. The Morgan fingerprint density at radius 1 is 1.60 bits per heavy atom. The molecule has 0 fully saturated rings. The summed E-state index contributed by atoms with van der Waals surface area (Å²) < 4.78 is 5.16. The second kappa shape index (κ2) is 5.29. The first-order valence-corrected chi connectivity index (χ1v) is 5.47. The topological polar surface area (TPSA) is 71.6 Å². The molecule has 0 saturated heterocycles. The minimum absolute atomic E-state index is 0.0294. The molecule has 0 aromatic carbocycles. The SMILES string of the molecule is COc1nc(N(C)C)sc1CC(N)CO. The second-order valence-electron chi connectivity index (χ2n) is 3.47. The van der Waals surface area contributed by atoms with Crippen molar-refractivity contribution in [3.63, 3.8) is 0 Å². The Kier molecular flexibility index (Phi) is 4.31. The summed E-state index contributed by atoms with van der Waals surface area (Å²) in [4.78, 5) is 7.19. The highest BCUT2D eigenvalue weighted by Gasteiger charge is 2.15. The molecule has 0 aliphatic rings. The van der Waals surface area contributed by atoms with Crippen LogP contribution in [-0.2, 0) is 6.42 Å². The molecule has 0 aliphatic carbocycles. The van der Waals surface area contributed by atoms with E-state index in [2.05, 4.69) is 4.98 Å². The highest BCUT2D eigenvalue weighted by atomic mass is 32.1. The van der Waals surface area contributed by atoms with E-state index in [1.54, 1.807) is 7.11 Å². The van der Waals surface area contributed by atoms with Gasteiger partial charge in [-0.25, -0.2) is 0 Å². The molecule has 0 spiro atoms. The van der Waals surface area contributed by atoms with E-state index in [1.165, 1.54) is 11.3 Å². The Morgan fingerprint density at radius 3 is 2.73 bits per heavy atom. The molecule has 1 rings (SSSR count). The van der Waals surface area contributed by atoms with Crippen LogP contribution in [0.5, 0.6) is 5.88 Å². The lowest BCUT2D eigenvalue weighted by Crippen LogP contribution is -2.26. The zero-order chi connectivity index (χ0) is 11.4. The van der Waals surface area contributed by atoms with Gasteiger partial charge in [0, 0.05) is 26.6 Å². The van der Waals surface area contributed by atoms with Gasteiger partial charge in [0.25, 0.3) is 0 Å². The van der Waals surface area contributed by atoms with Crippen LogP contribution in [0.4, 0.5) is 5.13 Å². The van der Waals surface area contributed by atoms with Crippen LogP contribution in [0.1, 0.15) is 4.88 Å². The first-order chi connectivity index (χ1) is 7.08. The standard InChI is InChI=1S/C9H17N3O2S/c1-12(2)9-11-8(14-3)7(15-9)4-6(10)5-13/h6,13H,4-5,10H2,1-3H3. The minimum Gasteiger partial charge on any atom is -0.480 e. The molecule has 15 heavy (non-hydrogen) atoms. The summed E-state index contributed by atoms with van der Waals surface area (Å²) in [6.45, 7) is -0.0294. The van der Waals surface area contributed by atoms with E-state index in [1.807, 2.05) is 19.0 Å². The van der Waals surface area contributed by atoms with Crippen LogP contribution in [0.25, 0.3) is 0 Å². The molecule has 0 bridgehead atoms. The predicted molar refractivity (Wildman–Crippen MR) is 61.8 cm³/mol. The van der Waals surface area contributed by atoms with Gasteiger partial charge in [0.05, 0.1) is 18.6 Å². The summed E-state index contributed by atoms with van der Waals surface area (Å²) in [5.74, 6) is 0.604. The fraction of sp³-hybridized carbons (Fsp3) is 0.667. The highest BCUT2D eigenvalue weighted by Crippen LogP contribution is 2.30. The maximum Gasteiger partial charge on any atom is 0.229 e. The van der Waals surface area contributed by atoms with E-state index < -0.39 is 0 Å². The fourth-order valence-corrected chi connectivity index (χ4v) is 2.15. The molecule has 0 amide bonds. The summed E-state index contributed by atoms with van der Waals surface area (Å²) in [7, 11) is 5.44. The van der Waals surface area contributed by atoms with Gasteiger partial charge in [-0.3, -0.25) is 0 Å². The van der Waals surface area contributed by atoms with Crippen molar-refractivity contribution in [2.75, 3.05) is 32.7 Å². The van der Waals surface area contributed by atoms with Crippen LogP contribution in [-0.4, -0.2) is 43.9 Å². The van der Waals surface area contributed by atoms with Gasteiger partial charge >= 0.3 is 0 Å². The van der Waals surface area contributed by atoms with Gasteiger partial charge < -0.3 is 20.5 Å². The van der Waals surface area contributed by atoms with Crippen molar-refractivity contribution in [1.82, 2.24) is 4.98 Å². The smallest absolute Gasteiger partial charge is 0.229 e. The molecule has 3 N–H and O–H groups in total. The van der Waals surface area contributed by atoms with Crippen LogP contribution in [0.15, 0.2) is 0 Å². The second-order valence-corrected chi connectivity index (χ2v) is 4.53. The third kappa shape index (κ3) is 3.05. The van der Waals surface area contributed by atoms with Crippen LogP contribution >= 0.6 is 11.3 Å². The van der Waals surface area contributed by atoms with Crippen molar-refractivity contribution in [3.8, 4) is 5.88 Å². The van der Waals surface area contributed by atoms with Crippen LogP contribution in [0.2, 0.25) is 0 Å². The van der Waals surface area contributed by atoms with Crippen molar-refractivity contribution < 1.29 is 9.84 Å². The van der Waals surface area contributed by atoms with Gasteiger partial charge in [0.2, 0.25) is 5.88 Å². The van der Waals surface area contributed by atoms with Crippen molar-refractivity contribution in [2.24, 2.45) is 5.73 Å². The monoisotopic (exact) mass is 231 g/mol. The highest BCUT2D eigenvalue weighted by molar-refractivity contribution is 7.15. The molecule has 0 radical (unpaired) electrons. The number of aliphatic hydroxyl groups excluding tert-OH is 1. The molecular formula is C9H17N3O2S. The number of methoxy groups -OCH3 is 1. The summed E-state index contributed by atoms with van der Waals surface area (Å²) in [6, 6.07) is -0.255. The maximum atomic E-state index is 8.88. The van der Waals surface area contributed by atoms with Gasteiger partial charge in [0.1, 0.15) is 0 Å². The van der Waals surface area contributed by atoms with E-state index in [4.69, 9.17) is 15.6 Å². The average molecular weight is 231 g/mol. The van der Waals surface area contributed by atoms with Crippen LogP contribution < -0.4 is 15.4 Å². The first kappa shape index (κ1) is 12.2. The van der Waals surface area contributed by atoms with Crippen molar-refractivity contribution in [3.05, 3.63) is 4.88 Å². The molecule has 1 aromatic rings. The third-order valence-corrected chi connectivity index (χ3v) is 3.13. The lowest BCUT2D eigenvalue weighted by molar-refractivity contribution is 0.264. The summed E-state index contributed by atoms with van der Waals surface area (Å²) in [5.41, 5.74) is 5.67. The molecule has 86 valence electrons. The lowest BCUT2D eigenvalue weighted by atomic mass is 10.2. The number of nitrogens with zero attached hydrogens (tertiary/aromatic N) is 2. The summed E-state index contributed by atoms with van der Waals surface area (Å²) in [6.07, 6.45) is 0.588. The molecule has 1 unspecified atom stereocenters. The number of anilines is 1. The Morgan fingerprint density at radius 2 is 2.27 bits per heavy atom. The minimum atomic E-state index is -0.255. The molecule has 0 aliphatic heterocycles. The van der Waals surface area contributed by atoms with E-state index in [0.29, 0.717) is 12.3 Å². The molecule has 1 heterocycles. The van der Waals surface area contributed by atoms with Gasteiger partial charge in [-0.2, -0.15) is 4.98 Å². The zero-order valence-corrected chi connectivity index (χ0v) is 10.0. The van der Waals surface area contributed by atoms with Crippen LogP contribution in [0, 0.1) is 0 Å². The zero-order valence-electron chi connectivity index (χ0n) is 9.23. The summed E-state index contributed by atoms with van der Waals surface area (Å²) in [5, 5.41) is 9.77. The average Bonchev–Trinajstić information content (AvgIpc) is 2.61. The van der Waals surface area contributed by atoms with E-state index >= 15 is 0 Å². The molecule has 1 aromatic heterocycles. The first-order valence-electron chi connectivity index (χ1n) is 4.66. The van der Waals surface area contributed by atoms with Gasteiger partial charge in [-0.05, 0) is 0 Å². The van der Waals surface area contributed by atoms with Gasteiger partial charge in [-0.15, -0.1) is 0 Å². The van der Waals surface area contributed by atoms with E-state index in [-0.39, 0.29) is 12.6 Å². The third-order valence-electron chi connectivity index (χ3n) is 1.91. The Bertz CT molecular complexity index is 314. The molecule has 5 nitrogen and oxygen atoms in total. The van der Waals surface area contributed by atoms with E-state index in [0.717, 1.165) is 10.0 Å². The molecule has 6 heteroatoms. The summed E-state index contributed by atoms with van der Waals surface area (Å²) >= 11 is 1.53. The number of hydrogen-bond donors (Lipinski definition) is 2. The number of thiazole rings is 1. The number of aliphatic hydroxyl groups is 1. The largest absolute Gasteiger partial charge is 0.480 e. The van der Waals surface area contributed by atoms with Gasteiger partial charge in [0.15, 0.2) is 5.13 Å². The molecule has 0 saturated carbocycles. The van der Waals surface area contributed by atoms with Crippen molar-refractivity contribution >= 4 is 16.5 Å². The molecular weight excluding hydrogens is 214 g/mol. The Balaban J connectivity index is 2.85. The predicted octanol–water partition coefficient (Wildman–Crippen LogP) is 0.0798. The molecule has 1 atom stereocenters. The maximum absolute atomic E-state index is 8.88. The lowest BCUT2D eigenvalue weighted by Gasteiger charge is -2.06. The number of aromatic nitrogens is 1. The van der Waals surface area contributed by atoms with Crippen molar-refractivity contribution in [1.29, 1.82) is 0 Å². The Labute approximate surface area is 93.5 Å². The normalized spacial score (nSPS) is 12.6. The number of rotatable bonds is 5. The van der Waals surface area contributed by atoms with Crippen LogP contribution in [0.3, 0.4) is 0 Å². The number of ether oxygens (including phenoxy) is 1. The van der Waals surface area contributed by atoms with E-state index in [9.17, 15) is 0 Å². The number of nitrogens with two attached hydrogens (primary N) is 1. The Hall–Kier alpha value is -0.850. The quantitative estimate of drug-likeness (QED) is 0.751. The van der Waals surface area contributed by atoms with Crippen molar-refractivity contribution in [2.45, 2.75) is 12.5 Å². The number of hydrogen-bond acceptors (Lipinski definition) is 6. The van der Waals surface area contributed by atoms with Gasteiger partial charge in [-0.1, -0.05) is 11.3 Å².